The Bertz CT molecular complexity index is 496. The standard InChI is InChI=1S/C16H20ClNO2/c17-14-5-3-13(4-6-14)16(7-8-16)15(20)18-9-1-2-12(10-18)11-19/h3-6,12,19H,1-2,7-11H2. The Morgan fingerprint density at radius 1 is 1.35 bits per heavy atom. The van der Waals surface area contributed by atoms with Crippen molar-refractivity contribution in [2.75, 3.05) is 19.7 Å². The van der Waals surface area contributed by atoms with Gasteiger partial charge in [0.05, 0.1) is 5.41 Å². The van der Waals surface area contributed by atoms with Crippen LogP contribution >= 0.6 is 11.6 Å². The third-order valence-electron chi connectivity index (χ3n) is 4.62. The summed E-state index contributed by atoms with van der Waals surface area (Å²) in [5.74, 6) is 0.478. The fourth-order valence-electron chi connectivity index (χ4n) is 3.22. The SMILES string of the molecule is O=C(N1CCCC(CO)C1)C1(c2ccc(Cl)cc2)CC1. The first-order valence-corrected chi connectivity index (χ1v) is 7.70. The zero-order valence-corrected chi connectivity index (χ0v) is 12.3. The number of amides is 1. The van der Waals surface area contributed by atoms with E-state index >= 15 is 0 Å². The molecule has 3 rings (SSSR count). The summed E-state index contributed by atoms with van der Waals surface area (Å²) in [5.41, 5.74) is 0.764. The van der Waals surface area contributed by atoms with Gasteiger partial charge in [-0.25, -0.2) is 0 Å². The summed E-state index contributed by atoms with van der Waals surface area (Å²) in [4.78, 5) is 14.8. The summed E-state index contributed by atoms with van der Waals surface area (Å²) in [5, 5.41) is 10.0. The Hall–Kier alpha value is -1.06. The van der Waals surface area contributed by atoms with Crippen LogP contribution in [0.4, 0.5) is 0 Å². The lowest BCUT2D eigenvalue weighted by Gasteiger charge is -2.34. The third kappa shape index (κ3) is 2.45. The molecule has 20 heavy (non-hydrogen) atoms. The van der Waals surface area contributed by atoms with Crippen molar-refractivity contribution in [2.24, 2.45) is 5.92 Å². The van der Waals surface area contributed by atoms with Crippen molar-refractivity contribution in [1.29, 1.82) is 0 Å². The molecule has 1 unspecified atom stereocenters. The second-order valence-corrected chi connectivity index (χ2v) is 6.47. The average Bonchev–Trinajstić information content (AvgIpc) is 3.29. The molecule has 4 heteroatoms. The first-order valence-electron chi connectivity index (χ1n) is 7.32. The van der Waals surface area contributed by atoms with Gasteiger partial charge in [-0.15, -0.1) is 0 Å². The van der Waals surface area contributed by atoms with Crippen LogP contribution in [0, 0.1) is 5.92 Å². The highest BCUT2D eigenvalue weighted by atomic mass is 35.5. The summed E-state index contributed by atoms with van der Waals surface area (Å²) in [6, 6.07) is 7.66. The number of nitrogens with zero attached hydrogens (tertiary/aromatic N) is 1. The lowest BCUT2D eigenvalue weighted by Crippen LogP contribution is -2.45. The molecule has 1 amide bonds. The zero-order chi connectivity index (χ0) is 14.2. The number of likely N-dealkylation sites (tertiary alicyclic amines) is 1. The molecular formula is C16H20ClNO2. The van der Waals surface area contributed by atoms with Crippen molar-refractivity contribution in [2.45, 2.75) is 31.1 Å². The summed E-state index contributed by atoms with van der Waals surface area (Å²) in [7, 11) is 0. The monoisotopic (exact) mass is 293 g/mol. The number of carbonyl (C=O) groups excluding carboxylic acids is 1. The van der Waals surface area contributed by atoms with E-state index in [-0.39, 0.29) is 23.8 Å². The van der Waals surface area contributed by atoms with Crippen LogP contribution < -0.4 is 0 Å². The van der Waals surface area contributed by atoms with Gasteiger partial charge in [0.25, 0.3) is 0 Å². The lowest BCUT2D eigenvalue weighted by atomic mass is 9.91. The van der Waals surface area contributed by atoms with E-state index in [1.54, 1.807) is 0 Å². The van der Waals surface area contributed by atoms with E-state index in [0.717, 1.165) is 37.8 Å². The maximum absolute atomic E-state index is 12.8. The Morgan fingerprint density at radius 2 is 2.05 bits per heavy atom. The molecule has 2 fully saturated rings. The number of rotatable bonds is 3. The molecule has 1 aromatic carbocycles. The van der Waals surface area contributed by atoms with Crippen molar-refractivity contribution in [3.8, 4) is 0 Å². The normalized spacial score (nSPS) is 24.5. The highest BCUT2D eigenvalue weighted by molar-refractivity contribution is 6.30. The van der Waals surface area contributed by atoms with Crippen LogP contribution in [0.15, 0.2) is 24.3 Å². The van der Waals surface area contributed by atoms with Gasteiger partial charge in [-0.1, -0.05) is 23.7 Å². The molecule has 1 saturated heterocycles. The average molecular weight is 294 g/mol. The second kappa shape index (κ2) is 5.38. The molecule has 0 aromatic heterocycles. The first-order chi connectivity index (χ1) is 9.65. The van der Waals surface area contributed by atoms with Crippen LogP contribution in [-0.2, 0) is 10.2 Å². The highest BCUT2D eigenvalue weighted by Gasteiger charge is 2.53. The van der Waals surface area contributed by atoms with Gasteiger partial charge < -0.3 is 10.0 Å². The van der Waals surface area contributed by atoms with Crippen LogP contribution in [0.3, 0.4) is 0 Å². The summed E-state index contributed by atoms with van der Waals surface area (Å²) in [6.07, 6.45) is 3.86. The number of halogens is 1. The largest absolute Gasteiger partial charge is 0.396 e. The number of aliphatic hydroxyl groups is 1. The molecule has 0 spiro atoms. The number of benzene rings is 1. The molecule has 0 radical (unpaired) electrons. The Morgan fingerprint density at radius 3 is 2.65 bits per heavy atom. The maximum atomic E-state index is 12.8. The predicted molar refractivity (Wildman–Crippen MR) is 78.8 cm³/mol. The Kier molecular flexibility index (Phi) is 3.74. The summed E-state index contributed by atoms with van der Waals surface area (Å²) < 4.78 is 0. The quantitative estimate of drug-likeness (QED) is 0.930. The topological polar surface area (TPSA) is 40.5 Å². The predicted octanol–water partition coefficient (Wildman–Crippen LogP) is 2.60. The van der Waals surface area contributed by atoms with Crippen molar-refractivity contribution in [3.63, 3.8) is 0 Å². The van der Waals surface area contributed by atoms with Crippen LogP contribution in [0.2, 0.25) is 5.02 Å². The number of piperidine rings is 1. The van der Waals surface area contributed by atoms with E-state index in [1.165, 1.54) is 0 Å². The zero-order valence-electron chi connectivity index (χ0n) is 11.5. The fraction of sp³-hybridized carbons (Fsp3) is 0.562. The van der Waals surface area contributed by atoms with E-state index in [1.807, 2.05) is 29.2 Å². The highest BCUT2D eigenvalue weighted by Crippen LogP contribution is 2.50. The lowest BCUT2D eigenvalue weighted by molar-refractivity contribution is -0.136. The van der Waals surface area contributed by atoms with E-state index in [4.69, 9.17) is 11.6 Å². The maximum Gasteiger partial charge on any atom is 0.233 e. The van der Waals surface area contributed by atoms with Gasteiger partial charge in [0, 0.05) is 24.7 Å². The van der Waals surface area contributed by atoms with Gasteiger partial charge >= 0.3 is 0 Å². The van der Waals surface area contributed by atoms with Crippen molar-refractivity contribution in [1.82, 2.24) is 4.90 Å². The van der Waals surface area contributed by atoms with Gasteiger partial charge in [-0.3, -0.25) is 4.79 Å². The molecule has 1 aliphatic carbocycles. The van der Waals surface area contributed by atoms with Crippen molar-refractivity contribution >= 4 is 17.5 Å². The number of hydrogen-bond donors (Lipinski definition) is 1. The van der Waals surface area contributed by atoms with Gasteiger partial charge in [0.15, 0.2) is 0 Å². The van der Waals surface area contributed by atoms with Gasteiger partial charge in [0.1, 0.15) is 0 Å². The minimum absolute atomic E-state index is 0.178. The van der Waals surface area contributed by atoms with E-state index in [9.17, 15) is 9.90 Å². The minimum atomic E-state index is -0.318. The van der Waals surface area contributed by atoms with Crippen LogP contribution in [-0.4, -0.2) is 35.6 Å². The van der Waals surface area contributed by atoms with Gasteiger partial charge in [0.2, 0.25) is 5.91 Å². The van der Waals surface area contributed by atoms with E-state index in [0.29, 0.717) is 11.6 Å². The molecule has 3 nitrogen and oxygen atoms in total. The molecule has 1 aliphatic heterocycles. The minimum Gasteiger partial charge on any atom is -0.396 e. The molecule has 2 aliphatic rings. The number of hydrogen-bond acceptors (Lipinski definition) is 2. The van der Waals surface area contributed by atoms with Gasteiger partial charge in [-0.05, 0) is 49.3 Å². The summed E-state index contributed by atoms with van der Waals surface area (Å²) in [6.45, 7) is 1.70. The second-order valence-electron chi connectivity index (χ2n) is 6.03. The van der Waals surface area contributed by atoms with Gasteiger partial charge in [-0.2, -0.15) is 0 Å². The van der Waals surface area contributed by atoms with Crippen LogP contribution in [0.1, 0.15) is 31.2 Å². The third-order valence-corrected chi connectivity index (χ3v) is 4.87. The molecule has 1 aromatic rings. The van der Waals surface area contributed by atoms with Crippen LogP contribution in [0.25, 0.3) is 0 Å². The molecule has 108 valence electrons. The summed E-state index contributed by atoms with van der Waals surface area (Å²) >= 11 is 5.93. The molecular weight excluding hydrogens is 274 g/mol. The molecule has 1 heterocycles. The smallest absolute Gasteiger partial charge is 0.233 e. The Labute approximate surface area is 124 Å². The first kappa shape index (κ1) is 13.9. The van der Waals surface area contributed by atoms with Crippen LogP contribution in [0.5, 0.6) is 0 Å². The molecule has 1 N–H and O–H groups in total. The number of carbonyl (C=O) groups is 1. The fourth-order valence-corrected chi connectivity index (χ4v) is 3.35. The molecule has 0 bridgehead atoms. The van der Waals surface area contributed by atoms with Crippen molar-refractivity contribution in [3.05, 3.63) is 34.9 Å². The van der Waals surface area contributed by atoms with E-state index < -0.39 is 0 Å². The molecule has 1 saturated carbocycles. The Balaban J connectivity index is 1.77. The molecule has 1 atom stereocenters. The number of aliphatic hydroxyl groups excluding tert-OH is 1. The van der Waals surface area contributed by atoms with E-state index in [2.05, 4.69) is 0 Å². The van der Waals surface area contributed by atoms with Crippen molar-refractivity contribution < 1.29 is 9.90 Å².